The summed E-state index contributed by atoms with van der Waals surface area (Å²) in [5.41, 5.74) is 0. The normalized spacial score (nSPS) is 13.6. The highest BCUT2D eigenvalue weighted by atomic mass is 16.5. The van der Waals surface area contributed by atoms with Crippen molar-refractivity contribution >= 4 is 0 Å². The van der Waals surface area contributed by atoms with Crippen LogP contribution >= 0.6 is 0 Å². The third-order valence-corrected chi connectivity index (χ3v) is 1.78. The Hall–Kier alpha value is -0.120. The van der Waals surface area contributed by atoms with Crippen molar-refractivity contribution in [3.63, 3.8) is 0 Å². The Morgan fingerprint density at radius 1 is 1.08 bits per heavy atom. The van der Waals surface area contributed by atoms with E-state index in [-0.39, 0.29) is 12.0 Å². The molecule has 1 unspecified atom stereocenters. The Kier molecular flexibility index (Phi) is 8.40. The highest BCUT2D eigenvalue weighted by molar-refractivity contribution is 4.57. The highest BCUT2D eigenvalue weighted by Crippen LogP contribution is 2.00. The van der Waals surface area contributed by atoms with Gasteiger partial charge in [-0.25, -0.2) is 0 Å². The number of hydrogen-bond donors (Lipinski definition) is 1. The predicted molar refractivity (Wildman–Crippen MR) is 52.8 cm³/mol. The first-order valence-electron chi connectivity index (χ1n) is 5.02. The van der Waals surface area contributed by atoms with E-state index in [0.717, 1.165) is 13.0 Å². The zero-order valence-corrected chi connectivity index (χ0v) is 8.95. The lowest BCUT2D eigenvalue weighted by Crippen LogP contribution is -2.22. The minimum atomic E-state index is -0.355. The van der Waals surface area contributed by atoms with Crippen LogP contribution in [0.2, 0.25) is 0 Å². The Labute approximate surface area is 81.0 Å². The second kappa shape index (κ2) is 8.48. The molecule has 0 saturated heterocycles. The van der Waals surface area contributed by atoms with Crippen molar-refractivity contribution in [2.75, 3.05) is 26.4 Å². The summed E-state index contributed by atoms with van der Waals surface area (Å²) in [5, 5.41) is 9.36. The molecule has 3 nitrogen and oxygen atoms in total. The van der Waals surface area contributed by atoms with Crippen LogP contribution in [-0.4, -0.2) is 37.6 Å². The van der Waals surface area contributed by atoms with Crippen LogP contribution in [0.5, 0.6) is 0 Å². The molecule has 0 rings (SSSR count). The summed E-state index contributed by atoms with van der Waals surface area (Å²) >= 11 is 0. The zero-order chi connectivity index (χ0) is 10.1. The average Bonchev–Trinajstić information content (AvgIpc) is 2.10. The molecule has 0 fully saturated rings. The molecule has 0 spiro atoms. The first-order valence-corrected chi connectivity index (χ1v) is 5.02. The first kappa shape index (κ1) is 12.9. The van der Waals surface area contributed by atoms with Crippen LogP contribution in [0.1, 0.15) is 27.2 Å². The monoisotopic (exact) mass is 190 g/mol. The standard InChI is InChI=1S/C10H22O3/c1-4-5-12-6-7-13-8-10(11)9(2)3/h9-11H,4-8H2,1-3H3. The maximum absolute atomic E-state index is 9.36. The van der Waals surface area contributed by atoms with Gasteiger partial charge in [-0.05, 0) is 12.3 Å². The molecule has 0 bridgehead atoms. The van der Waals surface area contributed by atoms with Gasteiger partial charge >= 0.3 is 0 Å². The Balaban J connectivity index is 3.07. The molecule has 0 amide bonds. The summed E-state index contributed by atoms with van der Waals surface area (Å²) < 4.78 is 10.4. The van der Waals surface area contributed by atoms with Crippen molar-refractivity contribution in [3.05, 3.63) is 0 Å². The van der Waals surface area contributed by atoms with Crippen molar-refractivity contribution in [2.45, 2.75) is 33.3 Å². The molecule has 0 aromatic heterocycles. The molecule has 13 heavy (non-hydrogen) atoms. The summed E-state index contributed by atoms with van der Waals surface area (Å²) in [6.07, 6.45) is 0.681. The van der Waals surface area contributed by atoms with E-state index in [9.17, 15) is 5.11 Å². The molecule has 0 radical (unpaired) electrons. The fourth-order valence-corrected chi connectivity index (χ4v) is 0.761. The SMILES string of the molecule is CCCOCCOCC(O)C(C)C. The number of hydrogen-bond acceptors (Lipinski definition) is 3. The van der Waals surface area contributed by atoms with Gasteiger partial charge in [-0.15, -0.1) is 0 Å². The smallest absolute Gasteiger partial charge is 0.0796 e. The zero-order valence-electron chi connectivity index (χ0n) is 8.95. The molecule has 0 aliphatic carbocycles. The molecule has 1 N–H and O–H groups in total. The van der Waals surface area contributed by atoms with Crippen molar-refractivity contribution < 1.29 is 14.6 Å². The van der Waals surface area contributed by atoms with Gasteiger partial charge in [0.25, 0.3) is 0 Å². The third-order valence-electron chi connectivity index (χ3n) is 1.78. The molecule has 0 aliphatic rings. The minimum absolute atomic E-state index is 0.261. The third kappa shape index (κ3) is 8.22. The Bertz CT molecular complexity index is 104. The molecular formula is C10H22O3. The van der Waals surface area contributed by atoms with Gasteiger partial charge in [0.2, 0.25) is 0 Å². The molecule has 1 atom stereocenters. The van der Waals surface area contributed by atoms with E-state index in [4.69, 9.17) is 9.47 Å². The number of aliphatic hydroxyl groups excluding tert-OH is 1. The fourth-order valence-electron chi connectivity index (χ4n) is 0.761. The first-order chi connectivity index (χ1) is 6.18. The van der Waals surface area contributed by atoms with Crippen LogP contribution < -0.4 is 0 Å². The van der Waals surface area contributed by atoms with Gasteiger partial charge in [-0.2, -0.15) is 0 Å². The van der Waals surface area contributed by atoms with Gasteiger partial charge in [0, 0.05) is 6.61 Å². The van der Waals surface area contributed by atoms with E-state index in [1.807, 2.05) is 13.8 Å². The Morgan fingerprint density at radius 2 is 1.69 bits per heavy atom. The number of rotatable bonds is 8. The lowest BCUT2D eigenvalue weighted by atomic mass is 10.1. The van der Waals surface area contributed by atoms with E-state index >= 15 is 0 Å². The van der Waals surface area contributed by atoms with Gasteiger partial charge in [0.15, 0.2) is 0 Å². The summed E-state index contributed by atoms with van der Waals surface area (Å²) in [7, 11) is 0. The second-order valence-corrected chi connectivity index (χ2v) is 3.50. The van der Waals surface area contributed by atoms with Crippen molar-refractivity contribution in [3.8, 4) is 0 Å². The van der Waals surface area contributed by atoms with E-state index in [0.29, 0.717) is 19.8 Å². The predicted octanol–water partition coefficient (Wildman–Crippen LogP) is 1.45. The van der Waals surface area contributed by atoms with Crippen LogP contribution in [0.25, 0.3) is 0 Å². The molecule has 0 aromatic carbocycles. The molecule has 3 heteroatoms. The summed E-state index contributed by atoms with van der Waals surface area (Å²) in [4.78, 5) is 0. The fraction of sp³-hybridized carbons (Fsp3) is 1.00. The van der Waals surface area contributed by atoms with Crippen molar-refractivity contribution in [1.82, 2.24) is 0 Å². The quantitative estimate of drug-likeness (QED) is 0.589. The minimum Gasteiger partial charge on any atom is -0.390 e. The molecule has 0 saturated carbocycles. The van der Waals surface area contributed by atoms with Crippen LogP contribution in [-0.2, 0) is 9.47 Å². The maximum atomic E-state index is 9.36. The Morgan fingerprint density at radius 3 is 2.23 bits per heavy atom. The van der Waals surface area contributed by atoms with Crippen molar-refractivity contribution in [2.24, 2.45) is 5.92 Å². The lowest BCUT2D eigenvalue weighted by Gasteiger charge is -2.14. The van der Waals surface area contributed by atoms with Crippen LogP contribution in [0.3, 0.4) is 0 Å². The van der Waals surface area contributed by atoms with Gasteiger partial charge in [-0.3, -0.25) is 0 Å². The average molecular weight is 190 g/mol. The van der Waals surface area contributed by atoms with Gasteiger partial charge < -0.3 is 14.6 Å². The molecule has 80 valence electrons. The number of ether oxygens (including phenoxy) is 2. The summed E-state index contributed by atoms with van der Waals surface area (Å²) in [6.45, 7) is 8.41. The largest absolute Gasteiger partial charge is 0.390 e. The van der Waals surface area contributed by atoms with E-state index in [1.54, 1.807) is 0 Å². The van der Waals surface area contributed by atoms with Crippen molar-refractivity contribution in [1.29, 1.82) is 0 Å². The van der Waals surface area contributed by atoms with Gasteiger partial charge in [0.1, 0.15) is 0 Å². The van der Waals surface area contributed by atoms with Gasteiger partial charge in [0.05, 0.1) is 25.9 Å². The topological polar surface area (TPSA) is 38.7 Å². The van der Waals surface area contributed by atoms with Gasteiger partial charge in [-0.1, -0.05) is 20.8 Å². The lowest BCUT2D eigenvalue weighted by molar-refractivity contribution is -0.0110. The molecule has 0 aromatic rings. The second-order valence-electron chi connectivity index (χ2n) is 3.50. The maximum Gasteiger partial charge on any atom is 0.0796 e. The summed E-state index contributed by atoms with van der Waals surface area (Å²) in [6, 6.07) is 0. The molecule has 0 aliphatic heterocycles. The van der Waals surface area contributed by atoms with Crippen LogP contribution in [0.15, 0.2) is 0 Å². The number of aliphatic hydroxyl groups is 1. The molecule has 0 heterocycles. The molecular weight excluding hydrogens is 168 g/mol. The van der Waals surface area contributed by atoms with E-state index < -0.39 is 0 Å². The highest BCUT2D eigenvalue weighted by Gasteiger charge is 2.08. The van der Waals surface area contributed by atoms with Crippen LogP contribution in [0.4, 0.5) is 0 Å². The van der Waals surface area contributed by atoms with Crippen LogP contribution in [0, 0.1) is 5.92 Å². The van der Waals surface area contributed by atoms with E-state index in [1.165, 1.54) is 0 Å². The van der Waals surface area contributed by atoms with E-state index in [2.05, 4.69) is 6.92 Å². The summed E-state index contributed by atoms with van der Waals surface area (Å²) in [5.74, 6) is 0.261.